The lowest BCUT2D eigenvalue weighted by molar-refractivity contribution is -0.156. The lowest BCUT2D eigenvalue weighted by Crippen LogP contribution is -2.45. The van der Waals surface area contributed by atoms with Crippen molar-refractivity contribution in [1.29, 1.82) is 0 Å². The first kappa shape index (κ1) is 24.5. The van der Waals surface area contributed by atoms with Crippen molar-refractivity contribution in [2.24, 2.45) is 0 Å². The third-order valence-electron chi connectivity index (χ3n) is 5.27. The van der Waals surface area contributed by atoms with Crippen molar-refractivity contribution in [2.75, 3.05) is 13.1 Å². The molecule has 3 aromatic rings. The highest BCUT2D eigenvalue weighted by molar-refractivity contribution is 5.68. The quantitative estimate of drug-likeness (QED) is 0.498. The van der Waals surface area contributed by atoms with E-state index in [-0.39, 0.29) is 49.6 Å². The summed E-state index contributed by atoms with van der Waals surface area (Å²) in [7, 11) is 0. The SMILES string of the molecule is CC(C)(C)OC(=O)N1CCC(F)(c2cn(Cc3ccc(-c4nnc(C(F)(F)F)o4)cn3)nn2)CC1. The number of alkyl halides is 4. The summed E-state index contributed by atoms with van der Waals surface area (Å²) in [6.07, 6.45) is -2.32. The molecule has 0 saturated carbocycles. The number of pyridine rings is 1. The van der Waals surface area contributed by atoms with Gasteiger partial charge in [-0.3, -0.25) is 4.98 Å². The van der Waals surface area contributed by atoms with E-state index >= 15 is 4.39 Å². The van der Waals surface area contributed by atoms with Gasteiger partial charge in [-0.15, -0.1) is 15.3 Å². The molecule has 0 radical (unpaired) electrons. The number of carbonyl (C=O) groups excluding carboxylic acids is 1. The molecular formula is C21H23F4N7O3. The number of ether oxygens (including phenoxy) is 1. The van der Waals surface area contributed by atoms with Crippen molar-refractivity contribution < 1.29 is 31.5 Å². The van der Waals surface area contributed by atoms with Crippen LogP contribution in [0.4, 0.5) is 22.4 Å². The van der Waals surface area contributed by atoms with Crippen LogP contribution < -0.4 is 0 Å². The Kier molecular flexibility index (Phi) is 6.23. The van der Waals surface area contributed by atoms with Crippen LogP contribution in [0, 0.1) is 0 Å². The molecule has 1 amide bonds. The number of likely N-dealkylation sites (tertiary alicyclic amines) is 1. The number of nitrogens with zero attached hydrogens (tertiary/aromatic N) is 7. The molecule has 0 aliphatic carbocycles. The summed E-state index contributed by atoms with van der Waals surface area (Å²) in [6, 6.07) is 3.04. The highest BCUT2D eigenvalue weighted by Gasteiger charge is 2.41. The van der Waals surface area contributed by atoms with Crippen LogP contribution in [-0.2, 0) is 23.1 Å². The van der Waals surface area contributed by atoms with Gasteiger partial charge in [0.25, 0.3) is 0 Å². The smallest absolute Gasteiger partial charge is 0.444 e. The van der Waals surface area contributed by atoms with Crippen LogP contribution in [0.15, 0.2) is 28.9 Å². The van der Waals surface area contributed by atoms with Crippen LogP contribution in [0.25, 0.3) is 11.5 Å². The zero-order valence-electron chi connectivity index (χ0n) is 19.2. The summed E-state index contributed by atoms with van der Waals surface area (Å²) < 4.78 is 64.8. The van der Waals surface area contributed by atoms with E-state index in [4.69, 9.17) is 4.74 Å². The number of halogens is 4. The topological polar surface area (TPSA) is 112 Å². The lowest BCUT2D eigenvalue weighted by atomic mass is 9.90. The minimum absolute atomic E-state index is 0.0575. The fourth-order valence-electron chi connectivity index (χ4n) is 3.47. The fourth-order valence-corrected chi connectivity index (χ4v) is 3.47. The van der Waals surface area contributed by atoms with Crippen molar-refractivity contribution in [3.8, 4) is 11.5 Å². The Bertz CT molecular complexity index is 1180. The molecule has 0 aromatic carbocycles. The second-order valence-corrected chi connectivity index (χ2v) is 9.18. The Morgan fingerprint density at radius 3 is 2.43 bits per heavy atom. The van der Waals surface area contributed by atoms with E-state index in [1.54, 1.807) is 26.8 Å². The van der Waals surface area contributed by atoms with Crippen LogP contribution >= 0.6 is 0 Å². The monoisotopic (exact) mass is 497 g/mol. The molecule has 35 heavy (non-hydrogen) atoms. The lowest BCUT2D eigenvalue weighted by Gasteiger charge is -2.35. The molecule has 14 heteroatoms. The zero-order valence-corrected chi connectivity index (χ0v) is 19.2. The number of hydrogen-bond donors (Lipinski definition) is 0. The van der Waals surface area contributed by atoms with E-state index in [0.29, 0.717) is 5.69 Å². The molecule has 3 aromatic heterocycles. The molecule has 4 rings (SSSR count). The molecule has 1 saturated heterocycles. The highest BCUT2D eigenvalue weighted by Crippen LogP contribution is 2.36. The van der Waals surface area contributed by atoms with Crippen molar-refractivity contribution in [2.45, 2.75) is 57.6 Å². The van der Waals surface area contributed by atoms with Crippen molar-refractivity contribution in [1.82, 2.24) is 35.1 Å². The van der Waals surface area contributed by atoms with Gasteiger partial charge in [-0.1, -0.05) is 5.21 Å². The third kappa shape index (κ3) is 5.74. The summed E-state index contributed by atoms with van der Waals surface area (Å²) in [5.41, 5.74) is -1.48. The molecule has 0 bridgehead atoms. The first-order valence-electron chi connectivity index (χ1n) is 10.8. The molecule has 1 fully saturated rings. The average molecular weight is 497 g/mol. The normalized spacial score (nSPS) is 16.4. The third-order valence-corrected chi connectivity index (χ3v) is 5.27. The number of aromatic nitrogens is 6. The van der Waals surface area contributed by atoms with E-state index in [9.17, 15) is 18.0 Å². The van der Waals surface area contributed by atoms with Crippen LogP contribution in [-0.4, -0.2) is 59.9 Å². The van der Waals surface area contributed by atoms with E-state index < -0.39 is 29.4 Å². The van der Waals surface area contributed by atoms with Gasteiger partial charge in [-0.25, -0.2) is 13.9 Å². The Balaban J connectivity index is 1.37. The highest BCUT2D eigenvalue weighted by atomic mass is 19.4. The largest absolute Gasteiger partial charge is 0.470 e. The standard InChI is InChI=1S/C21H23F4N7O3/c1-19(2,3)35-18(33)31-8-6-20(22,7-9-31)15-12-32(30-27-15)11-14-5-4-13(10-26-14)16-28-29-17(34-16)21(23,24)25/h4-5,10,12H,6-9,11H2,1-3H3. The summed E-state index contributed by atoms with van der Waals surface area (Å²) in [5, 5.41) is 14.3. The predicted molar refractivity (Wildman–Crippen MR) is 111 cm³/mol. The van der Waals surface area contributed by atoms with Gasteiger partial charge in [0, 0.05) is 32.1 Å². The molecule has 1 aliphatic heterocycles. The van der Waals surface area contributed by atoms with E-state index in [1.165, 1.54) is 28.0 Å². The van der Waals surface area contributed by atoms with E-state index in [1.807, 2.05) is 0 Å². The van der Waals surface area contributed by atoms with E-state index in [0.717, 1.165) is 0 Å². The zero-order chi connectivity index (χ0) is 25.4. The van der Waals surface area contributed by atoms with Gasteiger partial charge in [0.2, 0.25) is 5.89 Å². The molecule has 0 atom stereocenters. The average Bonchev–Trinajstić information content (AvgIpc) is 3.44. The second-order valence-electron chi connectivity index (χ2n) is 9.18. The molecule has 1 aliphatic rings. The van der Waals surface area contributed by atoms with Gasteiger partial charge >= 0.3 is 18.2 Å². The van der Waals surface area contributed by atoms with Crippen LogP contribution in [0.1, 0.15) is 50.9 Å². The van der Waals surface area contributed by atoms with Gasteiger partial charge in [-0.05, 0) is 32.9 Å². The summed E-state index contributed by atoms with van der Waals surface area (Å²) in [6.45, 7) is 5.84. The minimum atomic E-state index is -4.73. The minimum Gasteiger partial charge on any atom is -0.444 e. The molecule has 4 heterocycles. The Labute approximate surface area is 197 Å². The maximum absolute atomic E-state index is 15.5. The number of hydrogen-bond acceptors (Lipinski definition) is 8. The van der Waals surface area contributed by atoms with Gasteiger partial charge in [0.1, 0.15) is 11.3 Å². The van der Waals surface area contributed by atoms with Gasteiger partial charge < -0.3 is 14.1 Å². The van der Waals surface area contributed by atoms with E-state index in [2.05, 4.69) is 29.9 Å². The fraction of sp³-hybridized carbons (Fsp3) is 0.524. The van der Waals surface area contributed by atoms with Crippen molar-refractivity contribution in [3.63, 3.8) is 0 Å². The van der Waals surface area contributed by atoms with Crippen LogP contribution in [0.5, 0.6) is 0 Å². The van der Waals surface area contributed by atoms with Gasteiger partial charge in [0.15, 0.2) is 5.67 Å². The maximum Gasteiger partial charge on any atom is 0.470 e. The maximum atomic E-state index is 15.5. The van der Waals surface area contributed by atoms with Crippen molar-refractivity contribution in [3.05, 3.63) is 41.8 Å². The second kappa shape index (κ2) is 8.89. The summed E-state index contributed by atoms with van der Waals surface area (Å²) in [4.78, 5) is 17.8. The number of piperidine rings is 1. The van der Waals surface area contributed by atoms with Crippen LogP contribution in [0.2, 0.25) is 0 Å². The number of rotatable bonds is 4. The first-order valence-corrected chi connectivity index (χ1v) is 10.8. The van der Waals surface area contributed by atoms with Gasteiger partial charge in [-0.2, -0.15) is 13.2 Å². The molecule has 188 valence electrons. The molecule has 0 N–H and O–H groups in total. The van der Waals surface area contributed by atoms with Crippen molar-refractivity contribution >= 4 is 6.09 Å². The Hall–Kier alpha value is -3.58. The first-order chi connectivity index (χ1) is 16.3. The number of carbonyl (C=O) groups is 1. The molecule has 0 unspecified atom stereocenters. The predicted octanol–water partition coefficient (Wildman–Crippen LogP) is 3.99. The molecular weight excluding hydrogens is 474 g/mol. The van der Waals surface area contributed by atoms with Crippen LogP contribution in [0.3, 0.4) is 0 Å². The Morgan fingerprint density at radius 1 is 1.14 bits per heavy atom. The molecule has 10 nitrogen and oxygen atoms in total. The molecule has 0 spiro atoms. The Morgan fingerprint density at radius 2 is 1.86 bits per heavy atom. The summed E-state index contributed by atoms with van der Waals surface area (Å²) >= 11 is 0. The van der Waals surface area contributed by atoms with Gasteiger partial charge in [0.05, 0.1) is 24.0 Å². The number of amides is 1. The summed E-state index contributed by atoms with van der Waals surface area (Å²) in [5.74, 6) is -1.75.